The molecule has 2 amide bonds. The number of nitrogens with one attached hydrogen (secondary N) is 2. The van der Waals surface area contributed by atoms with Gasteiger partial charge >= 0.3 is 0 Å². The van der Waals surface area contributed by atoms with Gasteiger partial charge in [-0.3, -0.25) is 13.9 Å². The molecular weight excluding hydrogens is 414 g/mol. The van der Waals surface area contributed by atoms with E-state index in [1.807, 2.05) is 12.1 Å². The molecule has 9 heteroatoms. The average molecular weight is 430 g/mol. The maximum absolute atomic E-state index is 12.9. The van der Waals surface area contributed by atoms with E-state index in [1.54, 1.807) is 36.4 Å². The molecule has 148 valence electrons. The highest BCUT2D eigenvalue weighted by atomic mass is 35.5. The van der Waals surface area contributed by atoms with Gasteiger partial charge in [0.05, 0.1) is 21.3 Å². The molecular formula is C20H16ClN3O4S. The molecule has 1 heterocycles. The third-order valence-corrected chi connectivity index (χ3v) is 6.65. The number of nitrogens with zero attached hydrogens (tertiary/aromatic N) is 1. The zero-order valence-corrected chi connectivity index (χ0v) is 16.8. The predicted octanol–water partition coefficient (Wildman–Crippen LogP) is 3.60. The third-order valence-electron chi connectivity index (χ3n) is 4.53. The van der Waals surface area contributed by atoms with E-state index in [0.717, 1.165) is 9.69 Å². The Hall–Kier alpha value is -3.10. The summed E-state index contributed by atoms with van der Waals surface area (Å²) in [5.74, 6) is -0.779. The second-order valence-corrected chi connectivity index (χ2v) is 8.81. The monoisotopic (exact) mass is 429 g/mol. The Labute approximate surface area is 172 Å². The predicted molar refractivity (Wildman–Crippen MR) is 113 cm³/mol. The fraction of sp³-hybridized carbons (Fsp3) is 0.100. The van der Waals surface area contributed by atoms with Crippen LogP contribution >= 0.6 is 11.6 Å². The molecule has 1 aliphatic rings. The van der Waals surface area contributed by atoms with Gasteiger partial charge in [0.25, 0.3) is 10.0 Å². The lowest BCUT2D eigenvalue weighted by molar-refractivity contribution is -0.115. The van der Waals surface area contributed by atoms with Crippen molar-refractivity contribution in [3.8, 4) is 0 Å². The van der Waals surface area contributed by atoms with Crippen LogP contribution in [-0.4, -0.2) is 26.8 Å². The topological polar surface area (TPSA) is 95.6 Å². The van der Waals surface area contributed by atoms with Gasteiger partial charge in [-0.05, 0) is 35.7 Å². The van der Waals surface area contributed by atoms with Crippen molar-refractivity contribution < 1.29 is 18.0 Å². The van der Waals surface area contributed by atoms with Gasteiger partial charge in [0, 0.05) is 18.0 Å². The fourth-order valence-corrected chi connectivity index (χ4v) is 5.24. The number of sulfonamides is 1. The van der Waals surface area contributed by atoms with Gasteiger partial charge in [-0.25, -0.2) is 8.42 Å². The number of hydrogen-bond acceptors (Lipinski definition) is 4. The molecule has 0 fully saturated rings. The van der Waals surface area contributed by atoms with Crippen molar-refractivity contribution >= 4 is 61.3 Å². The second-order valence-electron chi connectivity index (χ2n) is 6.57. The lowest BCUT2D eigenvalue weighted by Gasteiger charge is -2.18. The van der Waals surface area contributed by atoms with Crippen LogP contribution in [0, 0.1) is 0 Å². The van der Waals surface area contributed by atoms with E-state index in [9.17, 15) is 18.0 Å². The van der Waals surface area contributed by atoms with E-state index >= 15 is 0 Å². The summed E-state index contributed by atoms with van der Waals surface area (Å²) in [5.41, 5.74) is 1.29. The largest absolute Gasteiger partial charge is 0.325 e. The van der Waals surface area contributed by atoms with Gasteiger partial charge in [0.1, 0.15) is 6.54 Å². The standard InChI is InChI=1S/C20H16ClN3O4S/c1-12(25)22-16-9-8-14(10-15(16)21)23-19(26)11-24-17-6-2-4-13-5-3-7-18(20(13)17)29(24,27)28/h2-10H,11H2,1H3,(H,22,25)(H,23,26). The first-order valence-corrected chi connectivity index (χ1v) is 10.5. The maximum Gasteiger partial charge on any atom is 0.265 e. The summed E-state index contributed by atoms with van der Waals surface area (Å²) in [5, 5.41) is 6.89. The first-order valence-electron chi connectivity index (χ1n) is 8.69. The highest BCUT2D eigenvalue weighted by Crippen LogP contribution is 2.41. The first kappa shape index (κ1) is 19.2. The van der Waals surface area contributed by atoms with Crippen LogP contribution in [0.2, 0.25) is 5.02 Å². The van der Waals surface area contributed by atoms with E-state index in [2.05, 4.69) is 10.6 Å². The van der Waals surface area contributed by atoms with Crippen molar-refractivity contribution in [2.75, 3.05) is 21.5 Å². The van der Waals surface area contributed by atoms with Gasteiger partial charge in [0.2, 0.25) is 11.8 Å². The minimum absolute atomic E-state index is 0.195. The quantitative estimate of drug-likeness (QED) is 0.662. The van der Waals surface area contributed by atoms with Gasteiger partial charge in [0.15, 0.2) is 0 Å². The maximum atomic E-state index is 12.9. The van der Waals surface area contributed by atoms with Gasteiger partial charge in [-0.15, -0.1) is 0 Å². The number of rotatable bonds is 4. The molecule has 0 aromatic heterocycles. The summed E-state index contributed by atoms with van der Waals surface area (Å²) in [6.07, 6.45) is 0. The highest BCUT2D eigenvalue weighted by molar-refractivity contribution is 7.93. The van der Waals surface area contributed by atoms with Crippen LogP contribution in [0.1, 0.15) is 6.92 Å². The molecule has 7 nitrogen and oxygen atoms in total. The first-order chi connectivity index (χ1) is 13.8. The van der Waals surface area contributed by atoms with Crippen molar-refractivity contribution in [2.24, 2.45) is 0 Å². The van der Waals surface area contributed by atoms with Gasteiger partial charge in [-0.1, -0.05) is 35.9 Å². The SMILES string of the molecule is CC(=O)Nc1ccc(NC(=O)CN2c3cccc4cccc(c34)S2(=O)=O)cc1Cl. The molecule has 0 unspecified atom stereocenters. The molecule has 1 aliphatic heterocycles. The Morgan fingerprint density at radius 1 is 1.03 bits per heavy atom. The van der Waals surface area contributed by atoms with Crippen LogP contribution < -0.4 is 14.9 Å². The molecule has 3 aromatic rings. The van der Waals surface area contributed by atoms with Crippen LogP contribution in [0.25, 0.3) is 10.8 Å². The molecule has 3 aromatic carbocycles. The molecule has 29 heavy (non-hydrogen) atoms. The second kappa shape index (κ2) is 7.06. The van der Waals surface area contributed by atoms with E-state index in [1.165, 1.54) is 13.0 Å². The van der Waals surface area contributed by atoms with Crippen LogP contribution in [0.5, 0.6) is 0 Å². The number of carbonyl (C=O) groups is 2. The van der Waals surface area contributed by atoms with Crippen molar-refractivity contribution in [2.45, 2.75) is 11.8 Å². The number of anilines is 3. The lowest BCUT2D eigenvalue weighted by atomic mass is 10.1. The van der Waals surface area contributed by atoms with E-state index in [0.29, 0.717) is 22.4 Å². The Balaban J connectivity index is 1.58. The molecule has 0 spiro atoms. The van der Waals surface area contributed by atoms with Gasteiger partial charge in [-0.2, -0.15) is 0 Å². The molecule has 0 aliphatic carbocycles. The minimum Gasteiger partial charge on any atom is -0.325 e. The summed E-state index contributed by atoms with van der Waals surface area (Å²) in [4.78, 5) is 23.9. The zero-order valence-electron chi connectivity index (χ0n) is 15.3. The summed E-state index contributed by atoms with van der Waals surface area (Å²) >= 11 is 6.12. The van der Waals surface area contributed by atoms with Crippen molar-refractivity contribution in [3.05, 3.63) is 59.6 Å². The molecule has 0 radical (unpaired) electrons. The third kappa shape index (κ3) is 3.41. The van der Waals surface area contributed by atoms with Crippen molar-refractivity contribution in [1.29, 1.82) is 0 Å². The van der Waals surface area contributed by atoms with Crippen molar-refractivity contribution in [3.63, 3.8) is 0 Å². The highest BCUT2D eigenvalue weighted by Gasteiger charge is 2.36. The summed E-state index contributed by atoms with van der Waals surface area (Å²) in [6, 6.07) is 14.9. The number of hydrogen-bond donors (Lipinski definition) is 2. The molecule has 2 N–H and O–H groups in total. The molecule has 0 bridgehead atoms. The van der Waals surface area contributed by atoms with Crippen LogP contribution in [0.15, 0.2) is 59.5 Å². The summed E-state index contributed by atoms with van der Waals surface area (Å²) < 4.78 is 27.0. The van der Waals surface area contributed by atoms with Crippen LogP contribution in [0.3, 0.4) is 0 Å². The van der Waals surface area contributed by atoms with Crippen LogP contribution in [0.4, 0.5) is 17.1 Å². The van der Waals surface area contributed by atoms with E-state index in [4.69, 9.17) is 11.6 Å². The summed E-state index contributed by atoms with van der Waals surface area (Å²) in [7, 11) is -3.82. The summed E-state index contributed by atoms with van der Waals surface area (Å²) in [6.45, 7) is 0.988. The molecule has 4 rings (SSSR count). The molecule has 0 saturated carbocycles. The zero-order chi connectivity index (χ0) is 20.8. The average Bonchev–Trinajstić information content (AvgIpc) is 2.87. The molecule has 0 saturated heterocycles. The fourth-order valence-electron chi connectivity index (χ4n) is 3.34. The Bertz CT molecular complexity index is 1270. The van der Waals surface area contributed by atoms with Gasteiger partial charge < -0.3 is 10.6 Å². The molecule has 0 atom stereocenters. The Kier molecular flexibility index (Phi) is 4.68. The smallest absolute Gasteiger partial charge is 0.265 e. The van der Waals surface area contributed by atoms with E-state index < -0.39 is 15.9 Å². The number of benzene rings is 3. The van der Waals surface area contributed by atoms with E-state index in [-0.39, 0.29) is 22.4 Å². The number of carbonyl (C=O) groups excluding carboxylic acids is 2. The number of halogens is 1. The Morgan fingerprint density at radius 2 is 1.76 bits per heavy atom. The normalized spacial score (nSPS) is 14.1. The minimum atomic E-state index is -3.82. The Morgan fingerprint density at radius 3 is 2.45 bits per heavy atom. The van der Waals surface area contributed by atoms with Crippen LogP contribution in [-0.2, 0) is 19.6 Å². The lowest BCUT2D eigenvalue weighted by Crippen LogP contribution is -2.35. The number of amides is 2. The van der Waals surface area contributed by atoms with Crippen molar-refractivity contribution in [1.82, 2.24) is 0 Å².